The van der Waals surface area contributed by atoms with Crippen LogP contribution in [0.25, 0.3) is 0 Å². The Morgan fingerprint density at radius 3 is 2.68 bits per heavy atom. The molecule has 0 saturated heterocycles. The van der Waals surface area contributed by atoms with E-state index >= 15 is 0 Å². The molecule has 5 heteroatoms. The normalized spacial score (nSPS) is 12.4. The van der Waals surface area contributed by atoms with Crippen LogP contribution >= 0.6 is 0 Å². The fourth-order valence-corrected chi connectivity index (χ4v) is 2.10. The molecule has 106 valence electrons. The van der Waals surface area contributed by atoms with Crippen molar-refractivity contribution < 1.29 is 14.8 Å². The highest BCUT2D eigenvalue weighted by atomic mass is 16.5. The molecular weight excluding hydrogens is 241 g/mol. The van der Waals surface area contributed by atoms with Crippen LogP contribution in [0.15, 0.2) is 24.3 Å². The van der Waals surface area contributed by atoms with Crippen LogP contribution in [0.2, 0.25) is 0 Å². The van der Waals surface area contributed by atoms with Crippen LogP contribution in [0.4, 0.5) is 0 Å². The molecule has 1 aromatic carbocycles. The zero-order chi connectivity index (χ0) is 14.1. The first kappa shape index (κ1) is 16.2. The molecule has 0 aromatic heterocycles. The first-order chi connectivity index (χ1) is 9.19. The van der Waals surface area contributed by atoms with E-state index in [0.29, 0.717) is 24.7 Å². The van der Waals surface area contributed by atoms with E-state index in [1.54, 1.807) is 13.2 Å². The number of hydrogen-bond acceptors (Lipinski definition) is 4. The van der Waals surface area contributed by atoms with Crippen molar-refractivity contribution in [2.24, 2.45) is 0 Å². The lowest BCUT2D eigenvalue weighted by atomic mass is 9.77. The topological polar surface area (TPSA) is 61.7 Å². The van der Waals surface area contributed by atoms with E-state index < -0.39 is 7.12 Å². The molecule has 4 nitrogen and oxygen atoms in total. The largest absolute Gasteiger partial charge is 0.488 e. The summed E-state index contributed by atoms with van der Waals surface area (Å²) in [6.07, 6.45) is 3.38. The molecule has 1 aromatic rings. The van der Waals surface area contributed by atoms with Gasteiger partial charge in [0.15, 0.2) is 0 Å². The first-order valence-corrected chi connectivity index (χ1v) is 6.85. The number of nitrogens with one attached hydrogen (secondary N) is 1. The Kier molecular flexibility index (Phi) is 7.75. The van der Waals surface area contributed by atoms with Gasteiger partial charge >= 0.3 is 7.12 Å². The van der Waals surface area contributed by atoms with E-state index in [1.165, 1.54) is 0 Å². The van der Waals surface area contributed by atoms with Crippen molar-refractivity contribution in [3.8, 4) is 0 Å². The van der Waals surface area contributed by atoms with Gasteiger partial charge in [0.2, 0.25) is 0 Å². The van der Waals surface area contributed by atoms with Crippen LogP contribution in [0, 0.1) is 0 Å². The maximum absolute atomic E-state index is 9.32. The molecule has 0 bridgehead atoms. The molecule has 0 amide bonds. The van der Waals surface area contributed by atoms with Gasteiger partial charge in [-0.05, 0) is 17.4 Å². The minimum Gasteiger partial charge on any atom is -0.423 e. The van der Waals surface area contributed by atoms with E-state index in [9.17, 15) is 10.0 Å². The molecule has 0 saturated carbocycles. The molecule has 3 N–H and O–H groups in total. The van der Waals surface area contributed by atoms with E-state index in [2.05, 4.69) is 12.2 Å². The van der Waals surface area contributed by atoms with Crippen LogP contribution in [0.5, 0.6) is 0 Å². The lowest BCUT2D eigenvalue weighted by molar-refractivity contribution is 0.160. The van der Waals surface area contributed by atoms with Crippen molar-refractivity contribution in [2.45, 2.75) is 38.8 Å². The number of benzene rings is 1. The Balaban J connectivity index is 2.58. The van der Waals surface area contributed by atoms with Gasteiger partial charge in [0.1, 0.15) is 0 Å². The van der Waals surface area contributed by atoms with E-state index in [1.807, 2.05) is 18.2 Å². The summed E-state index contributed by atoms with van der Waals surface area (Å²) in [5, 5.41) is 22.1. The molecule has 0 heterocycles. The smallest absolute Gasteiger partial charge is 0.423 e. The van der Waals surface area contributed by atoms with Gasteiger partial charge in [-0.25, -0.2) is 0 Å². The summed E-state index contributed by atoms with van der Waals surface area (Å²) in [5.74, 6) is 0. The molecule has 1 rings (SSSR count). The van der Waals surface area contributed by atoms with Crippen LogP contribution < -0.4 is 10.8 Å². The van der Waals surface area contributed by atoms with Gasteiger partial charge in [-0.2, -0.15) is 0 Å². The fraction of sp³-hybridized carbons (Fsp3) is 0.571. The Labute approximate surface area is 115 Å². The Morgan fingerprint density at radius 1 is 1.32 bits per heavy atom. The van der Waals surface area contributed by atoms with Gasteiger partial charge in [0.25, 0.3) is 0 Å². The lowest BCUT2D eigenvalue weighted by Crippen LogP contribution is -2.38. The summed E-state index contributed by atoms with van der Waals surface area (Å²) in [7, 11) is 0.279. The maximum Gasteiger partial charge on any atom is 0.488 e. The van der Waals surface area contributed by atoms with Gasteiger partial charge in [0, 0.05) is 19.7 Å². The average molecular weight is 265 g/mol. The molecule has 0 aliphatic rings. The Bertz CT molecular complexity index is 360. The molecule has 1 unspecified atom stereocenters. The minimum atomic E-state index is -1.42. The standard InChI is InChI=1S/C14H24BNO3/c1-3-4-8-13(11-19-2)16-10-12-7-5-6-9-14(12)15(17)18/h5-7,9,13,16-18H,3-4,8,10-11H2,1-2H3. The quantitative estimate of drug-likeness (QED) is 0.574. The highest BCUT2D eigenvalue weighted by molar-refractivity contribution is 6.59. The number of hydrogen-bond donors (Lipinski definition) is 3. The summed E-state index contributed by atoms with van der Waals surface area (Å²) in [5.41, 5.74) is 1.47. The van der Waals surface area contributed by atoms with Crippen LogP contribution in [0.3, 0.4) is 0 Å². The summed E-state index contributed by atoms with van der Waals surface area (Å²) in [6, 6.07) is 7.65. The average Bonchev–Trinajstić information content (AvgIpc) is 2.42. The fourth-order valence-electron chi connectivity index (χ4n) is 2.10. The predicted molar refractivity (Wildman–Crippen MR) is 78.3 cm³/mol. The van der Waals surface area contributed by atoms with Gasteiger partial charge in [-0.1, -0.05) is 44.0 Å². The highest BCUT2D eigenvalue weighted by Gasteiger charge is 2.16. The van der Waals surface area contributed by atoms with Crippen molar-refractivity contribution in [2.75, 3.05) is 13.7 Å². The van der Waals surface area contributed by atoms with Crippen LogP contribution in [-0.4, -0.2) is 36.9 Å². The number of rotatable bonds is 9. The third-order valence-electron chi connectivity index (χ3n) is 3.19. The zero-order valence-corrected chi connectivity index (χ0v) is 11.8. The number of ether oxygens (including phenoxy) is 1. The Hall–Kier alpha value is -0.875. The summed E-state index contributed by atoms with van der Waals surface area (Å²) >= 11 is 0. The van der Waals surface area contributed by atoms with Crippen molar-refractivity contribution >= 4 is 12.6 Å². The molecule has 0 aliphatic carbocycles. The highest BCUT2D eigenvalue weighted by Crippen LogP contribution is 2.03. The lowest BCUT2D eigenvalue weighted by Gasteiger charge is -2.19. The predicted octanol–water partition coefficient (Wildman–Crippen LogP) is 0.661. The second kappa shape index (κ2) is 9.10. The summed E-state index contributed by atoms with van der Waals surface area (Å²) < 4.78 is 5.21. The van der Waals surface area contributed by atoms with Gasteiger partial charge in [-0.3, -0.25) is 0 Å². The molecule has 1 atom stereocenters. The molecule has 0 fully saturated rings. The SMILES string of the molecule is CCCCC(COC)NCc1ccccc1B(O)O. The second-order valence-electron chi connectivity index (χ2n) is 4.75. The van der Waals surface area contributed by atoms with Gasteiger partial charge < -0.3 is 20.1 Å². The molecule has 0 spiro atoms. The molecule has 0 aliphatic heterocycles. The van der Waals surface area contributed by atoms with Crippen molar-refractivity contribution in [3.05, 3.63) is 29.8 Å². The third-order valence-corrected chi connectivity index (χ3v) is 3.19. The van der Waals surface area contributed by atoms with Gasteiger partial charge in [-0.15, -0.1) is 0 Å². The Morgan fingerprint density at radius 2 is 2.05 bits per heavy atom. The van der Waals surface area contributed by atoms with Crippen molar-refractivity contribution in [3.63, 3.8) is 0 Å². The van der Waals surface area contributed by atoms with Crippen LogP contribution in [0.1, 0.15) is 31.7 Å². The molecule has 0 radical (unpaired) electrons. The van der Waals surface area contributed by atoms with Gasteiger partial charge in [0.05, 0.1) is 6.61 Å². The number of unbranched alkanes of at least 4 members (excludes halogenated alkanes) is 1. The molecular formula is C14H24BNO3. The van der Waals surface area contributed by atoms with Crippen molar-refractivity contribution in [1.82, 2.24) is 5.32 Å². The second-order valence-corrected chi connectivity index (χ2v) is 4.75. The summed E-state index contributed by atoms with van der Waals surface area (Å²) in [6.45, 7) is 3.46. The zero-order valence-electron chi connectivity index (χ0n) is 11.8. The third kappa shape index (κ3) is 5.74. The van der Waals surface area contributed by atoms with Crippen LogP contribution in [-0.2, 0) is 11.3 Å². The van der Waals surface area contributed by atoms with E-state index in [4.69, 9.17) is 4.74 Å². The minimum absolute atomic E-state index is 0.300. The first-order valence-electron chi connectivity index (χ1n) is 6.85. The molecule has 19 heavy (non-hydrogen) atoms. The maximum atomic E-state index is 9.32. The van der Waals surface area contributed by atoms with Crippen molar-refractivity contribution in [1.29, 1.82) is 0 Å². The monoisotopic (exact) mass is 265 g/mol. The number of methoxy groups -OCH3 is 1. The van der Waals surface area contributed by atoms with E-state index in [-0.39, 0.29) is 0 Å². The van der Waals surface area contributed by atoms with E-state index in [0.717, 1.165) is 24.8 Å². The summed E-state index contributed by atoms with van der Waals surface area (Å²) in [4.78, 5) is 0.